The Hall–Kier alpha value is -1.84. The van der Waals surface area contributed by atoms with Crippen LogP contribution in [-0.4, -0.2) is 30.9 Å². The molecule has 1 aliphatic rings. The molecule has 0 radical (unpaired) electrons. The number of rotatable bonds is 4. The first kappa shape index (κ1) is 15.5. The summed E-state index contributed by atoms with van der Waals surface area (Å²) < 4.78 is 5.09. The highest BCUT2D eigenvalue weighted by molar-refractivity contribution is 5.77. The Morgan fingerprint density at radius 2 is 2.19 bits per heavy atom. The van der Waals surface area contributed by atoms with Crippen molar-refractivity contribution in [3.05, 3.63) is 29.3 Å². The lowest BCUT2D eigenvalue weighted by molar-refractivity contribution is -0.140. The second-order valence-corrected chi connectivity index (χ2v) is 6.35. The molecule has 0 saturated carbocycles. The normalized spacial score (nSPS) is 19.8. The second kappa shape index (κ2) is 5.88. The van der Waals surface area contributed by atoms with Crippen molar-refractivity contribution < 1.29 is 14.3 Å². The van der Waals surface area contributed by atoms with Crippen molar-refractivity contribution in [2.45, 2.75) is 45.6 Å². The van der Waals surface area contributed by atoms with Crippen LogP contribution in [0.4, 0.5) is 5.69 Å². The van der Waals surface area contributed by atoms with Gasteiger partial charge < -0.3 is 9.64 Å². The maximum absolute atomic E-state index is 11.0. The van der Waals surface area contributed by atoms with Crippen molar-refractivity contribution in [1.82, 2.24) is 0 Å². The van der Waals surface area contributed by atoms with Gasteiger partial charge >= 0.3 is 5.97 Å². The number of hydrogen-bond acceptors (Lipinski definition) is 4. The molecule has 0 saturated heterocycles. The number of carbonyl (C=O) groups is 2. The molecular formula is C17H23NO3. The van der Waals surface area contributed by atoms with Crippen LogP contribution in [0, 0.1) is 0 Å². The molecule has 0 N–H and O–H groups in total. The molecule has 0 spiro atoms. The number of aldehydes is 1. The van der Waals surface area contributed by atoms with Gasteiger partial charge in [0.15, 0.2) is 0 Å². The van der Waals surface area contributed by atoms with Gasteiger partial charge in [-0.05, 0) is 49.9 Å². The summed E-state index contributed by atoms with van der Waals surface area (Å²) in [6.07, 6.45) is 1.89. The predicted octanol–water partition coefficient (Wildman–Crippen LogP) is 3.15. The average Bonchev–Trinajstić information content (AvgIpc) is 2.41. The summed E-state index contributed by atoms with van der Waals surface area (Å²) in [6.45, 7) is 9.06. The molecule has 114 valence electrons. The van der Waals surface area contributed by atoms with E-state index in [-0.39, 0.29) is 11.5 Å². The van der Waals surface area contributed by atoms with Crippen molar-refractivity contribution in [1.29, 1.82) is 0 Å². The predicted molar refractivity (Wildman–Crippen MR) is 82.9 cm³/mol. The summed E-state index contributed by atoms with van der Waals surface area (Å²) in [5.41, 5.74) is 3.04. The lowest BCUT2D eigenvalue weighted by Crippen LogP contribution is -2.49. The quantitative estimate of drug-likeness (QED) is 0.631. The third-order valence-electron chi connectivity index (χ3n) is 4.17. The molecule has 1 aliphatic heterocycles. The lowest BCUT2D eigenvalue weighted by Gasteiger charge is -2.47. The first-order valence-corrected chi connectivity index (χ1v) is 7.35. The van der Waals surface area contributed by atoms with Gasteiger partial charge in [0.1, 0.15) is 12.9 Å². The molecule has 1 heterocycles. The summed E-state index contributed by atoms with van der Waals surface area (Å²) in [6, 6.07) is 5.82. The first-order valence-electron chi connectivity index (χ1n) is 7.35. The van der Waals surface area contributed by atoms with Gasteiger partial charge in [-0.2, -0.15) is 0 Å². The molecule has 4 nitrogen and oxygen atoms in total. The van der Waals surface area contributed by atoms with Gasteiger partial charge in [0.05, 0.1) is 6.54 Å². The first-order chi connectivity index (χ1) is 9.85. The Kier molecular flexibility index (Phi) is 4.35. The van der Waals surface area contributed by atoms with Crippen molar-refractivity contribution in [3.8, 4) is 0 Å². The highest BCUT2D eigenvalue weighted by Crippen LogP contribution is 2.43. The van der Waals surface area contributed by atoms with Crippen molar-refractivity contribution in [3.63, 3.8) is 0 Å². The van der Waals surface area contributed by atoms with Gasteiger partial charge in [-0.15, -0.1) is 0 Å². The van der Waals surface area contributed by atoms with Crippen LogP contribution in [0.25, 0.3) is 0 Å². The number of hydrogen-bond donors (Lipinski definition) is 0. The number of benzene rings is 1. The van der Waals surface area contributed by atoms with Crippen molar-refractivity contribution in [2.24, 2.45) is 0 Å². The Morgan fingerprint density at radius 1 is 1.48 bits per heavy atom. The molecule has 0 aromatic heterocycles. The third kappa shape index (κ3) is 3.26. The van der Waals surface area contributed by atoms with E-state index in [1.807, 2.05) is 18.2 Å². The number of anilines is 1. The maximum atomic E-state index is 11.0. The lowest BCUT2D eigenvalue weighted by atomic mass is 9.79. The smallest absolute Gasteiger partial charge is 0.302 e. The Labute approximate surface area is 126 Å². The molecule has 1 aromatic carbocycles. The van der Waals surface area contributed by atoms with E-state index >= 15 is 0 Å². The van der Waals surface area contributed by atoms with Crippen LogP contribution < -0.4 is 4.90 Å². The maximum Gasteiger partial charge on any atom is 0.302 e. The van der Waals surface area contributed by atoms with Crippen LogP contribution in [0.15, 0.2) is 18.2 Å². The van der Waals surface area contributed by atoms with E-state index in [0.717, 1.165) is 18.4 Å². The SMILES string of the molecule is CC(=O)OCCN1c2ccc(C=O)cc2C(C)CC1(C)C. The number of fused-ring (bicyclic) bond motifs is 1. The monoisotopic (exact) mass is 289 g/mol. The Morgan fingerprint density at radius 3 is 2.81 bits per heavy atom. The molecule has 0 aliphatic carbocycles. The zero-order chi connectivity index (χ0) is 15.6. The molecule has 4 heteroatoms. The van der Waals surface area contributed by atoms with Crippen LogP contribution in [0.5, 0.6) is 0 Å². The summed E-state index contributed by atoms with van der Waals surface area (Å²) in [5, 5.41) is 0. The van der Waals surface area contributed by atoms with E-state index in [1.165, 1.54) is 12.5 Å². The van der Waals surface area contributed by atoms with Gasteiger partial charge in [-0.25, -0.2) is 0 Å². The second-order valence-electron chi connectivity index (χ2n) is 6.35. The van der Waals surface area contributed by atoms with Gasteiger partial charge in [0.25, 0.3) is 0 Å². The topological polar surface area (TPSA) is 46.6 Å². The van der Waals surface area contributed by atoms with Gasteiger partial charge in [-0.1, -0.05) is 6.92 Å². The molecule has 0 amide bonds. The number of ether oxygens (including phenoxy) is 1. The largest absolute Gasteiger partial charge is 0.464 e. The fraction of sp³-hybridized carbons (Fsp3) is 0.529. The summed E-state index contributed by atoms with van der Waals surface area (Å²) in [5.74, 6) is 0.148. The molecular weight excluding hydrogens is 266 g/mol. The van der Waals surface area contributed by atoms with Crippen molar-refractivity contribution >= 4 is 17.9 Å². The summed E-state index contributed by atoms with van der Waals surface area (Å²) in [4.78, 5) is 24.2. The third-order valence-corrected chi connectivity index (χ3v) is 4.17. The highest BCUT2D eigenvalue weighted by atomic mass is 16.5. The van der Waals surface area contributed by atoms with E-state index in [2.05, 4.69) is 25.7 Å². The average molecular weight is 289 g/mol. The molecule has 0 bridgehead atoms. The minimum absolute atomic E-state index is 0.00470. The highest BCUT2D eigenvalue weighted by Gasteiger charge is 2.36. The molecule has 2 rings (SSSR count). The summed E-state index contributed by atoms with van der Waals surface area (Å²) in [7, 11) is 0. The van der Waals surface area contributed by atoms with E-state index in [1.54, 1.807) is 0 Å². The van der Waals surface area contributed by atoms with E-state index in [0.29, 0.717) is 24.6 Å². The van der Waals surface area contributed by atoms with E-state index in [4.69, 9.17) is 4.74 Å². The molecule has 1 unspecified atom stereocenters. The van der Waals surface area contributed by atoms with Gasteiger partial charge in [0.2, 0.25) is 0 Å². The van der Waals surface area contributed by atoms with E-state index in [9.17, 15) is 9.59 Å². The van der Waals surface area contributed by atoms with Crippen LogP contribution in [-0.2, 0) is 9.53 Å². The zero-order valence-electron chi connectivity index (χ0n) is 13.2. The molecule has 0 fully saturated rings. The summed E-state index contributed by atoms with van der Waals surface area (Å²) >= 11 is 0. The number of nitrogens with zero attached hydrogens (tertiary/aromatic N) is 1. The molecule has 1 aromatic rings. The standard InChI is InChI=1S/C17H23NO3/c1-12-10-17(3,4)18(7-8-21-13(2)20)16-6-5-14(11-19)9-15(12)16/h5-6,9,11-12H,7-8,10H2,1-4H3. The number of esters is 1. The zero-order valence-corrected chi connectivity index (χ0v) is 13.2. The Balaban J connectivity index is 2.32. The van der Waals surface area contributed by atoms with Crippen LogP contribution in [0.2, 0.25) is 0 Å². The minimum Gasteiger partial charge on any atom is -0.464 e. The van der Waals surface area contributed by atoms with Gasteiger partial charge in [0, 0.05) is 23.7 Å². The van der Waals surface area contributed by atoms with Crippen molar-refractivity contribution in [2.75, 3.05) is 18.1 Å². The minimum atomic E-state index is -0.255. The molecule has 1 atom stereocenters. The van der Waals surface area contributed by atoms with Crippen LogP contribution in [0.1, 0.15) is 56.0 Å². The van der Waals surface area contributed by atoms with Gasteiger partial charge in [-0.3, -0.25) is 9.59 Å². The van der Waals surface area contributed by atoms with E-state index < -0.39 is 0 Å². The van der Waals surface area contributed by atoms with Crippen LogP contribution >= 0.6 is 0 Å². The molecule has 21 heavy (non-hydrogen) atoms. The fourth-order valence-electron chi connectivity index (χ4n) is 3.29. The Bertz CT molecular complexity index is 551. The number of carbonyl (C=O) groups excluding carboxylic acids is 2. The fourth-order valence-corrected chi connectivity index (χ4v) is 3.29. The van der Waals surface area contributed by atoms with Crippen LogP contribution in [0.3, 0.4) is 0 Å².